The Morgan fingerprint density at radius 2 is 2.11 bits per heavy atom. The van der Waals surface area contributed by atoms with Crippen molar-refractivity contribution in [3.63, 3.8) is 0 Å². The van der Waals surface area contributed by atoms with Crippen LogP contribution in [0.25, 0.3) is 0 Å². The van der Waals surface area contributed by atoms with Crippen molar-refractivity contribution in [3.05, 3.63) is 0 Å². The minimum absolute atomic E-state index is 0.429. The van der Waals surface area contributed by atoms with E-state index in [-0.39, 0.29) is 0 Å². The smallest absolute Gasteiger partial charge is 0.0755 e. The van der Waals surface area contributed by atoms with Gasteiger partial charge in [-0.15, -0.1) is 0 Å². The fourth-order valence-electron chi connectivity index (χ4n) is 3.15. The van der Waals surface area contributed by atoms with Crippen LogP contribution < -0.4 is 5.32 Å². The number of hydrogen-bond donors (Lipinski definition) is 1. The monoisotopic (exact) mass is 269 g/mol. The Kier molecular flexibility index (Phi) is 6.62. The van der Waals surface area contributed by atoms with Crippen molar-refractivity contribution in [1.82, 2.24) is 5.32 Å². The zero-order valence-electron chi connectivity index (χ0n) is 12.7. The van der Waals surface area contributed by atoms with E-state index in [1.54, 1.807) is 0 Å². The van der Waals surface area contributed by atoms with E-state index in [2.05, 4.69) is 19.2 Å². The maximum atomic E-state index is 6.04. The van der Waals surface area contributed by atoms with Gasteiger partial charge in [-0.2, -0.15) is 0 Å². The topological polar surface area (TPSA) is 30.5 Å². The van der Waals surface area contributed by atoms with Crippen LogP contribution in [0.3, 0.4) is 0 Å². The summed E-state index contributed by atoms with van der Waals surface area (Å²) < 4.78 is 11.8. The van der Waals surface area contributed by atoms with Gasteiger partial charge in [-0.3, -0.25) is 0 Å². The number of hydrogen-bond acceptors (Lipinski definition) is 3. The molecule has 0 amide bonds. The summed E-state index contributed by atoms with van der Waals surface area (Å²) in [7, 11) is 0. The summed E-state index contributed by atoms with van der Waals surface area (Å²) in [4.78, 5) is 0. The summed E-state index contributed by atoms with van der Waals surface area (Å²) in [5, 5.41) is 3.72. The molecule has 0 spiro atoms. The average molecular weight is 269 g/mol. The fraction of sp³-hybridized carbons (Fsp3) is 1.00. The maximum absolute atomic E-state index is 6.04. The van der Waals surface area contributed by atoms with Crippen molar-refractivity contribution < 1.29 is 9.47 Å². The van der Waals surface area contributed by atoms with Gasteiger partial charge in [-0.05, 0) is 64.3 Å². The second kappa shape index (κ2) is 8.23. The second-order valence-electron chi connectivity index (χ2n) is 6.03. The third-order valence-corrected chi connectivity index (χ3v) is 4.32. The summed E-state index contributed by atoms with van der Waals surface area (Å²) in [6.07, 6.45) is 9.73. The molecule has 1 aliphatic carbocycles. The van der Waals surface area contributed by atoms with Gasteiger partial charge in [0.15, 0.2) is 0 Å². The molecule has 0 aromatic carbocycles. The molecule has 1 saturated heterocycles. The quantitative estimate of drug-likeness (QED) is 0.661. The zero-order chi connectivity index (χ0) is 13.5. The highest BCUT2D eigenvalue weighted by Crippen LogP contribution is 2.37. The molecule has 3 atom stereocenters. The van der Waals surface area contributed by atoms with E-state index in [1.165, 1.54) is 44.9 Å². The molecular formula is C16H31NO2. The van der Waals surface area contributed by atoms with Gasteiger partial charge in [-0.1, -0.05) is 6.92 Å². The lowest BCUT2D eigenvalue weighted by Gasteiger charge is -2.29. The Morgan fingerprint density at radius 1 is 1.26 bits per heavy atom. The molecule has 3 nitrogen and oxygen atoms in total. The molecule has 3 unspecified atom stereocenters. The largest absolute Gasteiger partial charge is 0.378 e. The predicted octanol–water partition coefficient (Wildman–Crippen LogP) is 3.13. The van der Waals surface area contributed by atoms with E-state index in [0.29, 0.717) is 18.2 Å². The van der Waals surface area contributed by atoms with Gasteiger partial charge in [0.2, 0.25) is 0 Å². The summed E-state index contributed by atoms with van der Waals surface area (Å²) in [6.45, 7) is 7.26. The summed E-state index contributed by atoms with van der Waals surface area (Å²) >= 11 is 0. The van der Waals surface area contributed by atoms with E-state index >= 15 is 0 Å². The Hall–Kier alpha value is -0.120. The lowest BCUT2D eigenvalue weighted by atomic mass is 9.98. The van der Waals surface area contributed by atoms with Crippen molar-refractivity contribution in [1.29, 1.82) is 0 Å². The summed E-state index contributed by atoms with van der Waals surface area (Å²) in [5.74, 6) is 0.804. The normalized spacial score (nSPS) is 26.5. The first kappa shape index (κ1) is 15.3. The van der Waals surface area contributed by atoms with Crippen LogP contribution in [0.4, 0.5) is 0 Å². The second-order valence-corrected chi connectivity index (χ2v) is 6.03. The molecule has 0 radical (unpaired) electrons. The van der Waals surface area contributed by atoms with Crippen LogP contribution in [0.15, 0.2) is 0 Å². The minimum atomic E-state index is 0.429. The van der Waals surface area contributed by atoms with Crippen LogP contribution in [-0.2, 0) is 9.47 Å². The lowest BCUT2D eigenvalue weighted by molar-refractivity contribution is 0.0115. The molecule has 2 fully saturated rings. The molecule has 3 heteroatoms. The Labute approximate surface area is 118 Å². The molecule has 2 aliphatic rings. The van der Waals surface area contributed by atoms with Crippen LogP contribution >= 0.6 is 0 Å². The van der Waals surface area contributed by atoms with E-state index in [1.807, 2.05) is 0 Å². The highest BCUT2D eigenvalue weighted by Gasteiger charge is 2.37. The molecule has 0 bridgehead atoms. The molecule has 0 aromatic rings. The third kappa shape index (κ3) is 5.05. The molecule has 19 heavy (non-hydrogen) atoms. The maximum Gasteiger partial charge on any atom is 0.0755 e. The van der Waals surface area contributed by atoms with Crippen LogP contribution in [0.1, 0.15) is 58.8 Å². The zero-order valence-corrected chi connectivity index (χ0v) is 12.7. The van der Waals surface area contributed by atoms with Gasteiger partial charge in [0.05, 0.1) is 12.2 Å². The molecule has 2 rings (SSSR count). The highest BCUT2D eigenvalue weighted by atomic mass is 16.5. The van der Waals surface area contributed by atoms with Crippen LogP contribution in [-0.4, -0.2) is 38.0 Å². The lowest BCUT2D eigenvalue weighted by Crippen LogP contribution is -2.43. The first-order chi connectivity index (χ1) is 9.35. The van der Waals surface area contributed by atoms with Gasteiger partial charge in [0.25, 0.3) is 0 Å². The van der Waals surface area contributed by atoms with Crippen molar-refractivity contribution >= 4 is 0 Å². The van der Waals surface area contributed by atoms with Crippen molar-refractivity contribution in [2.24, 2.45) is 5.92 Å². The van der Waals surface area contributed by atoms with Crippen molar-refractivity contribution in [2.75, 3.05) is 19.8 Å². The fourth-order valence-corrected chi connectivity index (χ4v) is 3.15. The third-order valence-electron chi connectivity index (χ3n) is 4.32. The van der Waals surface area contributed by atoms with E-state index in [4.69, 9.17) is 9.47 Å². The van der Waals surface area contributed by atoms with Crippen LogP contribution in [0, 0.1) is 5.92 Å². The summed E-state index contributed by atoms with van der Waals surface area (Å²) in [6, 6.07) is 0.525. The highest BCUT2D eigenvalue weighted by molar-refractivity contribution is 4.91. The van der Waals surface area contributed by atoms with Crippen molar-refractivity contribution in [3.8, 4) is 0 Å². The molecule has 0 aromatic heterocycles. The van der Waals surface area contributed by atoms with Gasteiger partial charge >= 0.3 is 0 Å². The van der Waals surface area contributed by atoms with Crippen LogP contribution in [0.5, 0.6) is 0 Å². The molecule has 1 N–H and O–H groups in total. The van der Waals surface area contributed by atoms with Gasteiger partial charge < -0.3 is 14.8 Å². The predicted molar refractivity (Wildman–Crippen MR) is 78.4 cm³/mol. The Bertz CT molecular complexity index is 237. The van der Waals surface area contributed by atoms with E-state index in [0.717, 1.165) is 25.7 Å². The molecular weight excluding hydrogens is 238 g/mol. The number of ether oxygens (including phenoxy) is 2. The molecule has 1 saturated carbocycles. The van der Waals surface area contributed by atoms with E-state index in [9.17, 15) is 0 Å². The Balaban J connectivity index is 1.81. The SMILES string of the molecule is CCCNC(CCC1CCCO1)C(OCC)C1CC1. The molecule has 1 heterocycles. The molecule has 1 aliphatic heterocycles. The first-order valence-corrected chi connectivity index (χ1v) is 8.31. The van der Waals surface area contributed by atoms with Gasteiger partial charge in [0.1, 0.15) is 0 Å². The van der Waals surface area contributed by atoms with Gasteiger partial charge in [-0.25, -0.2) is 0 Å². The Morgan fingerprint density at radius 3 is 2.68 bits per heavy atom. The number of rotatable bonds is 10. The van der Waals surface area contributed by atoms with Crippen LogP contribution in [0.2, 0.25) is 0 Å². The van der Waals surface area contributed by atoms with Gasteiger partial charge in [0, 0.05) is 19.3 Å². The molecule has 112 valence electrons. The average Bonchev–Trinajstić information content (AvgIpc) is 3.13. The van der Waals surface area contributed by atoms with Crippen molar-refractivity contribution in [2.45, 2.75) is 77.0 Å². The number of nitrogens with one attached hydrogen (secondary N) is 1. The first-order valence-electron chi connectivity index (χ1n) is 8.31. The minimum Gasteiger partial charge on any atom is -0.378 e. The van der Waals surface area contributed by atoms with E-state index < -0.39 is 0 Å². The summed E-state index contributed by atoms with van der Waals surface area (Å²) in [5.41, 5.74) is 0. The standard InChI is InChI=1S/C16H31NO2/c1-3-11-17-15(10-9-14-6-5-12-19-14)16(18-4-2)13-7-8-13/h13-17H,3-12H2,1-2H3.